The summed E-state index contributed by atoms with van der Waals surface area (Å²) in [6.07, 6.45) is -1.13. The summed E-state index contributed by atoms with van der Waals surface area (Å²) < 4.78 is 23.1. The average molecular weight is 393 g/mol. The van der Waals surface area contributed by atoms with E-state index in [4.69, 9.17) is 18.9 Å². The lowest BCUT2D eigenvalue weighted by molar-refractivity contribution is -0.166. The Morgan fingerprint density at radius 1 is 1.14 bits per heavy atom. The molecule has 0 radical (unpaired) electrons. The van der Waals surface area contributed by atoms with E-state index in [-0.39, 0.29) is 12.2 Å². The standard InChI is InChI=1S/C17H19N3O8/c1-8(21)25-6-12-13(26-9(2)22)14(27-10(3)23)17(28-12)20-5-4-11-15(20)18-7-19-16(11)24/h4-5,7,12-14,17H,6H2,1-3H3,(H,18,19,24)/t12-,13-,14-,17-/m1/s1. The number of nitrogens with zero attached hydrogens (tertiary/aromatic N) is 2. The molecule has 11 nitrogen and oxygen atoms in total. The minimum Gasteiger partial charge on any atom is -0.463 e. The topological polar surface area (TPSA) is 139 Å². The van der Waals surface area contributed by atoms with Crippen LogP contribution in [0.5, 0.6) is 0 Å². The van der Waals surface area contributed by atoms with Gasteiger partial charge in [0.2, 0.25) is 0 Å². The van der Waals surface area contributed by atoms with Crippen molar-refractivity contribution < 1.29 is 33.3 Å². The van der Waals surface area contributed by atoms with E-state index in [1.165, 1.54) is 37.7 Å². The van der Waals surface area contributed by atoms with Crippen LogP contribution in [0.4, 0.5) is 0 Å². The number of esters is 3. The number of nitrogens with one attached hydrogen (secondary N) is 1. The first-order chi connectivity index (χ1) is 13.3. The van der Waals surface area contributed by atoms with Crippen LogP contribution in [0.15, 0.2) is 23.4 Å². The van der Waals surface area contributed by atoms with Crippen LogP contribution in [-0.2, 0) is 33.3 Å². The van der Waals surface area contributed by atoms with E-state index in [2.05, 4.69) is 9.97 Å². The molecule has 4 atom stereocenters. The van der Waals surface area contributed by atoms with Crippen LogP contribution in [0.1, 0.15) is 27.0 Å². The Morgan fingerprint density at radius 2 is 1.82 bits per heavy atom. The number of rotatable bonds is 5. The fraction of sp³-hybridized carbons (Fsp3) is 0.471. The highest BCUT2D eigenvalue weighted by Gasteiger charge is 2.50. The van der Waals surface area contributed by atoms with Gasteiger partial charge in [-0.1, -0.05) is 0 Å². The largest absolute Gasteiger partial charge is 0.463 e. The van der Waals surface area contributed by atoms with Gasteiger partial charge in [-0.25, -0.2) is 4.98 Å². The van der Waals surface area contributed by atoms with E-state index in [1.54, 1.807) is 6.20 Å². The Morgan fingerprint density at radius 3 is 2.46 bits per heavy atom. The van der Waals surface area contributed by atoms with Crippen molar-refractivity contribution in [2.75, 3.05) is 6.61 Å². The molecule has 3 heterocycles. The summed E-state index contributed by atoms with van der Waals surface area (Å²) in [5.74, 6) is -1.78. The molecule has 1 aliphatic heterocycles. The average Bonchev–Trinajstić information content (AvgIpc) is 3.16. The van der Waals surface area contributed by atoms with Crippen molar-refractivity contribution in [3.63, 3.8) is 0 Å². The zero-order valence-corrected chi connectivity index (χ0v) is 15.4. The molecule has 1 saturated heterocycles. The van der Waals surface area contributed by atoms with Crippen molar-refractivity contribution in [3.8, 4) is 0 Å². The number of aromatic nitrogens is 3. The highest BCUT2D eigenvalue weighted by molar-refractivity contribution is 5.75. The van der Waals surface area contributed by atoms with Gasteiger partial charge in [-0.05, 0) is 6.07 Å². The molecule has 28 heavy (non-hydrogen) atoms. The molecule has 0 aliphatic carbocycles. The van der Waals surface area contributed by atoms with Crippen molar-refractivity contribution in [2.45, 2.75) is 45.3 Å². The van der Waals surface area contributed by atoms with Crippen molar-refractivity contribution >= 4 is 28.9 Å². The van der Waals surface area contributed by atoms with E-state index in [1.807, 2.05) is 0 Å². The summed E-state index contributed by atoms with van der Waals surface area (Å²) in [7, 11) is 0. The van der Waals surface area contributed by atoms with Crippen molar-refractivity contribution in [1.82, 2.24) is 14.5 Å². The van der Waals surface area contributed by atoms with Gasteiger partial charge in [0.1, 0.15) is 18.4 Å². The maximum absolute atomic E-state index is 12.0. The third-order valence-electron chi connectivity index (χ3n) is 4.13. The minimum atomic E-state index is -1.04. The van der Waals surface area contributed by atoms with Gasteiger partial charge in [-0.15, -0.1) is 0 Å². The predicted octanol–water partition coefficient (Wildman–Crippen LogP) is 0.0485. The zero-order chi connectivity index (χ0) is 20.4. The smallest absolute Gasteiger partial charge is 0.303 e. The zero-order valence-electron chi connectivity index (χ0n) is 15.4. The quantitative estimate of drug-likeness (QED) is 0.551. The second kappa shape index (κ2) is 7.80. The van der Waals surface area contributed by atoms with Crippen LogP contribution in [-0.4, -0.2) is 57.4 Å². The number of H-pyrrole nitrogens is 1. The normalized spacial score (nSPS) is 24.1. The van der Waals surface area contributed by atoms with Gasteiger partial charge in [0.15, 0.2) is 18.4 Å². The molecule has 1 aliphatic rings. The van der Waals surface area contributed by atoms with Gasteiger partial charge in [0.05, 0.1) is 11.7 Å². The first kappa shape index (κ1) is 19.5. The van der Waals surface area contributed by atoms with Gasteiger partial charge in [-0.2, -0.15) is 0 Å². The molecular formula is C17H19N3O8. The minimum absolute atomic E-state index is 0.214. The Balaban J connectivity index is 2.02. The Labute approximate surface area is 158 Å². The number of ether oxygens (including phenoxy) is 4. The number of hydrogen-bond acceptors (Lipinski definition) is 9. The maximum Gasteiger partial charge on any atom is 0.303 e. The van der Waals surface area contributed by atoms with Gasteiger partial charge in [-0.3, -0.25) is 19.2 Å². The van der Waals surface area contributed by atoms with Gasteiger partial charge in [0.25, 0.3) is 5.56 Å². The summed E-state index contributed by atoms with van der Waals surface area (Å²) in [6.45, 7) is 3.42. The molecular weight excluding hydrogens is 374 g/mol. The lowest BCUT2D eigenvalue weighted by Gasteiger charge is -2.24. The molecule has 0 bridgehead atoms. The van der Waals surface area contributed by atoms with Crippen LogP contribution < -0.4 is 5.56 Å². The van der Waals surface area contributed by atoms with Gasteiger partial charge < -0.3 is 28.5 Å². The van der Waals surface area contributed by atoms with Crippen LogP contribution in [0.2, 0.25) is 0 Å². The number of aromatic amines is 1. The molecule has 3 rings (SSSR count). The van der Waals surface area contributed by atoms with Gasteiger partial charge in [0, 0.05) is 27.0 Å². The monoisotopic (exact) mass is 393 g/mol. The first-order valence-corrected chi connectivity index (χ1v) is 8.45. The summed E-state index contributed by atoms with van der Waals surface area (Å²) >= 11 is 0. The first-order valence-electron chi connectivity index (χ1n) is 8.45. The third-order valence-corrected chi connectivity index (χ3v) is 4.13. The summed E-state index contributed by atoms with van der Waals surface area (Å²) in [5, 5.41) is 0.306. The Hall–Kier alpha value is -3.21. The summed E-state index contributed by atoms with van der Waals surface area (Å²) in [4.78, 5) is 53.0. The number of fused-ring (bicyclic) bond motifs is 1. The molecule has 2 aromatic rings. The second-order valence-corrected chi connectivity index (χ2v) is 6.21. The number of carbonyl (C=O) groups excluding carboxylic acids is 3. The van der Waals surface area contributed by atoms with Crippen LogP contribution in [0.25, 0.3) is 11.0 Å². The molecule has 0 amide bonds. The van der Waals surface area contributed by atoms with Crippen LogP contribution in [0, 0.1) is 0 Å². The van der Waals surface area contributed by atoms with E-state index in [0.717, 1.165) is 0 Å². The van der Waals surface area contributed by atoms with Crippen molar-refractivity contribution in [2.24, 2.45) is 0 Å². The molecule has 2 aromatic heterocycles. The summed E-state index contributed by atoms with van der Waals surface area (Å²) in [5.41, 5.74) is -0.0561. The SMILES string of the molecule is CC(=O)OC[C@H]1O[C@@H](n2ccc3c(=O)[nH]cnc32)[C@H](OC(C)=O)[C@@H]1OC(C)=O. The molecule has 1 N–H and O–H groups in total. The molecule has 0 spiro atoms. The van der Waals surface area contributed by atoms with E-state index >= 15 is 0 Å². The number of hydrogen-bond donors (Lipinski definition) is 1. The lowest BCUT2D eigenvalue weighted by atomic mass is 10.1. The molecule has 150 valence electrons. The number of carbonyl (C=O) groups is 3. The second-order valence-electron chi connectivity index (χ2n) is 6.21. The highest BCUT2D eigenvalue weighted by Crippen LogP contribution is 2.35. The summed E-state index contributed by atoms with van der Waals surface area (Å²) in [6, 6.07) is 1.54. The third kappa shape index (κ3) is 3.88. The maximum atomic E-state index is 12.0. The van der Waals surface area contributed by atoms with E-state index in [0.29, 0.717) is 11.0 Å². The molecule has 0 aromatic carbocycles. The molecule has 0 unspecified atom stereocenters. The highest BCUT2D eigenvalue weighted by atomic mass is 16.7. The van der Waals surface area contributed by atoms with Crippen molar-refractivity contribution in [1.29, 1.82) is 0 Å². The van der Waals surface area contributed by atoms with E-state index in [9.17, 15) is 19.2 Å². The van der Waals surface area contributed by atoms with Crippen LogP contribution >= 0.6 is 0 Å². The lowest BCUT2D eigenvalue weighted by Crippen LogP contribution is -2.40. The fourth-order valence-electron chi connectivity index (χ4n) is 3.10. The molecule has 1 fully saturated rings. The van der Waals surface area contributed by atoms with Gasteiger partial charge >= 0.3 is 17.9 Å². The molecule has 11 heteroatoms. The van der Waals surface area contributed by atoms with Crippen molar-refractivity contribution in [3.05, 3.63) is 28.9 Å². The molecule has 0 saturated carbocycles. The fourth-order valence-corrected chi connectivity index (χ4v) is 3.10. The van der Waals surface area contributed by atoms with E-state index < -0.39 is 42.4 Å². The predicted molar refractivity (Wildman–Crippen MR) is 92.0 cm³/mol. The Kier molecular flexibility index (Phi) is 5.45. The Bertz CT molecular complexity index is 965. The van der Waals surface area contributed by atoms with Crippen LogP contribution in [0.3, 0.4) is 0 Å².